The molecule has 2 aromatic rings. The molecule has 0 aliphatic heterocycles. The molecule has 0 unspecified atom stereocenters. The average Bonchev–Trinajstić information content (AvgIpc) is 2.35. The Bertz CT molecular complexity index is 763. The second-order valence-corrected chi connectivity index (χ2v) is 5.47. The van der Waals surface area contributed by atoms with Gasteiger partial charge >= 0.3 is 0 Å². The van der Waals surface area contributed by atoms with Crippen molar-refractivity contribution in [1.29, 1.82) is 0 Å². The zero-order valence-corrected chi connectivity index (χ0v) is 10.6. The summed E-state index contributed by atoms with van der Waals surface area (Å²) >= 11 is 0. The van der Waals surface area contributed by atoms with Crippen LogP contribution in [-0.2, 0) is 10.0 Å². The van der Waals surface area contributed by atoms with E-state index in [-0.39, 0.29) is 6.07 Å². The van der Waals surface area contributed by atoms with E-state index in [1.165, 1.54) is 12.1 Å². The molecule has 0 atom stereocenters. The number of hydrogen-bond acceptors (Lipinski definition) is 3. The highest BCUT2D eigenvalue weighted by molar-refractivity contribution is 7.92. The minimum atomic E-state index is -4.37. The van der Waals surface area contributed by atoms with Gasteiger partial charge in [-0.15, -0.1) is 0 Å². The molecule has 8 heteroatoms. The van der Waals surface area contributed by atoms with Crippen LogP contribution in [0.2, 0.25) is 0 Å². The van der Waals surface area contributed by atoms with Gasteiger partial charge in [-0.05, 0) is 12.1 Å². The van der Waals surface area contributed by atoms with Crippen molar-refractivity contribution in [2.24, 2.45) is 0 Å². The number of rotatable bonds is 3. The number of anilines is 1. The summed E-state index contributed by atoms with van der Waals surface area (Å²) in [5.41, 5.74) is -0.884. The highest BCUT2D eigenvalue weighted by Gasteiger charge is 2.21. The van der Waals surface area contributed by atoms with Gasteiger partial charge in [0, 0.05) is 12.1 Å². The van der Waals surface area contributed by atoms with Crippen LogP contribution in [0, 0.1) is 17.5 Å². The summed E-state index contributed by atoms with van der Waals surface area (Å²) in [7, 11) is -4.37. The van der Waals surface area contributed by atoms with Gasteiger partial charge in [0.25, 0.3) is 10.0 Å². The van der Waals surface area contributed by atoms with Crippen molar-refractivity contribution in [2.75, 3.05) is 4.72 Å². The lowest BCUT2D eigenvalue weighted by atomic mass is 10.3. The number of benzene rings is 2. The zero-order chi connectivity index (χ0) is 14.9. The average molecular weight is 303 g/mol. The number of para-hydroxylation sites is 1. The van der Waals surface area contributed by atoms with Crippen LogP contribution in [0.1, 0.15) is 0 Å². The Kier molecular flexibility index (Phi) is 3.58. The molecule has 0 spiro atoms. The monoisotopic (exact) mass is 303 g/mol. The third-order valence-electron chi connectivity index (χ3n) is 2.39. The Balaban J connectivity index is 2.47. The van der Waals surface area contributed by atoms with E-state index in [4.69, 9.17) is 0 Å². The highest BCUT2D eigenvalue weighted by Crippen LogP contribution is 2.26. The molecule has 0 saturated carbocycles. The first kappa shape index (κ1) is 14.2. The van der Waals surface area contributed by atoms with Gasteiger partial charge < -0.3 is 5.11 Å². The molecule has 106 valence electrons. The van der Waals surface area contributed by atoms with E-state index in [1.807, 2.05) is 0 Å². The van der Waals surface area contributed by atoms with Crippen molar-refractivity contribution in [1.82, 2.24) is 0 Å². The summed E-state index contributed by atoms with van der Waals surface area (Å²) in [5.74, 6) is -4.78. The normalized spacial score (nSPS) is 11.3. The molecule has 20 heavy (non-hydrogen) atoms. The summed E-state index contributed by atoms with van der Waals surface area (Å²) in [6, 6.07) is 5.67. The Labute approximate surface area is 112 Å². The first-order valence-electron chi connectivity index (χ1n) is 5.26. The topological polar surface area (TPSA) is 66.4 Å². The summed E-state index contributed by atoms with van der Waals surface area (Å²) in [5, 5.41) is 9.44. The molecule has 2 aromatic carbocycles. The van der Waals surface area contributed by atoms with Gasteiger partial charge in [0.1, 0.15) is 16.5 Å². The number of halogens is 3. The largest absolute Gasteiger partial charge is 0.507 e. The minimum Gasteiger partial charge on any atom is -0.507 e. The minimum absolute atomic E-state index is 0.285. The summed E-state index contributed by atoms with van der Waals surface area (Å²) < 4.78 is 64.9. The molecule has 0 saturated heterocycles. The van der Waals surface area contributed by atoms with Crippen LogP contribution in [0.3, 0.4) is 0 Å². The number of phenols is 1. The van der Waals surface area contributed by atoms with E-state index in [0.717, 1.165) is 12.1 Å². The van der Waals surface area contributed by atoms with Crippen LogP contribution in [0.5, 0.6) is 5.75 Å². The van der Waals surface area contributed by atoms with Gasteiger partial charge in [-0.3, -0.25) is 4.72 Å². The third-order valence-corrected chi connectivity index (χ3v) is 3.80. The fraction of sp³-hybridized carbons (Fsp3) is 0. The van der Waals surface area contributed by atoms with Crippen molar-refractivity contribution < 1.29 is 26.7 Å². The molecule has 0 aromatic heterocycles. The zero-order valence-electron chi connectivity index (χ0n) is 9.77. The van der Waals surface area contributed by atoms with Gasteiger partial charge in [-0.25, -0.2) is 21.6 Å². The summed E-state index contributed by atoms with van der Waals surface area (Å²) in [6.07, 6.45) is 0. The number of sulfonamides is 1. The van der Waals surface area contributed by atoms with Crippen LogP contribution in [-0.4, -0.2) is 13.5 Å². The molecular weight excluding hydrogens is 295 g/mol. The van der Waals surface area contributed by atoms with Crippen LogP contribution in [0.15, 0.2) is 41.3 Å². The number of phenolic OH excluding ortho intramolecular Hbond substituents is 1. The lowest BCUT2D eigenvalue weighted by Gasteiger charge is -2.10. The van der Waals surface area contributed by atoms with Crippen molar-refractivity contribution in [3.63, 3.8) is 0 Å². The maximum atomic E-state index is 13.4. The van der Waals surface area contributed by atoms with E-state index in [2.05, 4.69) is 0 Å². The molecule has 2 rings (SSSR count). The van der Waals surface area contributed by atoms with Crippen LogP contribution < -0.4 is 4.72 Å². The van der Waals surface area contributed by atoms with Gasteiger partial charge in [0.05, 0.1) is 5.69 Å². The SMILES string of the molecule is O=S(=O)(Nc1cc(F)cc(F)c1F)c1ccccc1O. The standard InChI is InChI=1S/C12H8F3NO3S/c13-7-5-8(14)12(15)9(6-7)16-20(18,19)11-4-2-1-3-10(11)17/h1-6,16-17H. The Morgan fingerprint density at radius 3 is 2.35 bits per heavy atom. The quantitative estimate of drug-likeness (QED) is 0.857. The second-order valence-electron chi connectivity index (χ2n) is 3.82. The van der Waals surface area contributed by atoms with Gasteiger partial charge in [0.15, 0.2) is 11.6 Å². The van der Waals surface area contributed by atoms with E-state index in [1.54, 1.807) is 4.72 Å². The molecular formula is C12H8F3NO3S. The van der Waals surface area contributed by atoms with Gasteiger partial charge in [0.2, 0.25) is 0 Å². The third kappa shape index (κ3) is 2.69. The Morgan fingerprint density at radius 2 is 1.70 bits per heavy atom. The molecule has 0 aliphatic carbocycles. The van der Waals surface area contributed by atoms with E-state index in [9.17, 15) is 26.7 Å². The first-order chi connectivity index (χ1) is 9.31. The number of nitrogens with one attached hydrogen (secondary N) is 1. The van der Waals surface area contributed by atoms with Gasteiger partial charge in [-0.2, -0.15) is 0 Å². The lowest BCUT2D eigenvalue weighted by molar-refractivity contribution is 0.459. The second kappa shape index (κ2) is 5.04. The van der Waals surface area contributed by atoms with Crippen LogP contribution in [0.25, 0.3) is 0 Å². The van der Waals surface area contributed by atoms with Crippen molar-refractivity contribution >= 4 is 15.7 Å². The van der Waals surface area contributed by atoms with Gasteiger partial charge in [-0.1, -0.05) is 12.1 Å². The molecule has 0 heterocycles. The predicted octanol–water partition coefficient (Wildman–Crippen LogP) is 2.61. The fourth-order valence-electron chi connectivity index (χ4n) is 1.51. The highest BCUT2D eigenvalue weighted by atomic mass is 32.2. The van der Waals surface area contributed by atoms with Crippen LogP contribution in [0.4, 0.5) is 18.9 Å². The molecule has 0 bridgehead atoms. The first-order valence-corrected chi connectivity index (χ1v) is 6.75. The molecule has 4 nitrogen and oxygen atoms in total. The number of hydrogen-bond donors (Lipinski definition) is 2. The van der Waals surface area contributed by atoms with E-state index in [0.29, 0.717) is 6.07 Å². The molecule has 2 N–H and O–H groups in total. The number of aromatic hydroxyl groups is 1. The van der Waals surface area contributed by atoms with Crippen molar-refractivity contribution in [3.05, 3.63) is 53.8 Å². The maximum absolute atomic E-state index is 13.4. The molecule has 0 amide bonds. The van der Waals surface area contributed by atoms with Crippen LogP contribution >= 0.6 is 0 Å². The van der Waals surface area contributed by atoms with E-state index >= 15 is 0 Å². The lowest BCUT2D eigenvalue weighted by Crippen LogP contribution is -2.15. The summed E-state index contributed by atoms with van der Waals surface area (Å²) in [4.78, 5) is -0.538. The smallest absolute Gasteiger partial charge is 0.265 e. The maximum Gasteiger partial charge on any atom is 0.265 e. The summed E-state index contributed by atoms with van der Waals surface area (Å²) in [6.45, 7) is 0. The van der Waals surface area contributed by atoms with Crippen molar-refractivity contribution in [3.8, 4) is 5.75 Å². The van der Waals surface area contributed by atoms with Crippen molar-refractivity contribution in [2.45, 2.75) is 4.90 Å². The Morgan fingerprint density at radius 1 is 1.05 bits per heavy atom. The predicted molar refractivity (Wildman–Crippen MR) is 65.2 cm³/mol. The Hall–Kier alpha value is -2.22. The molecule has 0 radical (unpaired) electrons. The van der Waals surface area contributed by atoms with E-state index < -0.39 is 43.8 Å². The molecule has 0 aliphatic rings. The molecule has 0 fully saturated rings. The fourth-order valence-corrected chi connectivity index (χ4v) is 2.66.